The van der Waals surface area contributed by atoms with Gasteiger partial charge in [0.1, 0.15) is 9.84 Å². The Labute approximate surface area is 107 Å². The Bertz CT molecular complexity index is 482. The summed E-state index contributed by atoms with van der Waals surface area (Å²) in [7, 11) is -1.37. The van der Waals surface area contributed by atoms with Crippen molar-refractivity contribution < 1.29 is 8.42 Å². The Kier molecular flexibility index (Phi) is 4.57. The summed E-state index contributed by atoms with van der Waals surface area (Å²) in [5.74, 6) is 0.00162. The molecule has 17 heavy (non-hydrogen) atoms. The third-order valence-electron chi connectivity index (χ3n) is 2.42. The molecule has 7 heteroatoms. The van der Waals surface area contributed by atoms with Crippen LogP contribution in [0.25, 0.3) is 0 Å². The zero-order chi connectivity index (χ0) is 13.2. The van der Waals surface area contributed by atoms with Gasteiger partial charge in [0.15, 0.2) is 0 Å². The molecule has 1 aromatic rings. The fourth-order valence-electron chi connectivity index (χ4n) is 1.69. The zero-order valence-electron chi connectivity index (χ0n) is 10.4. The highest BCUT2D eigenvalue weighted by Gasteiger charge is 2.23. The monoisotopic (exact) mass is 279 g/mol. The molecule has 1 atom stereocenters. The number of rotatable bonds is 5. The molecule has 0 saturated carbocycles. The quantitative estimate of drug-likeness (QED) is 0.885. The van der Waals surface area contributed by atoms with Crippen LogP contribution in [0, 0.1) is 0 Å². The van der Waals surface area contributed by atoms with Gasteiger partial charge in [0.05, 0.1) is 28.7 Å². The third kappa shape index (κ3) is 3.69. The van der Waals surface area contributed by atoms with Crippen LogP contribution in [0.15, 0.2) is 6.20 Å². The summed E-state index contributed by atoms with van der Waals surface area (Å²) in [6.45, 7) is 3.94. The van der Waals surface area contributed by atoms with E-state index < -0.39 is 9.84 Å². The van der Waals surface area contributed by atoms with E-state index in [0.29, 0.717) is 5.02 Å². The number of nitrogens with one attached hydrogen (secondary N) is 1. The van der Waals surface area contributed by atoms with E-state index in [4.69, 9.17) is 11.6 Å². The molecule has 98 valence electrons. The minimum absolute atomic E-state index is 0.00162. The van der Waals surface area contributed by atoms with Crippen LogP contribution in [0.4, 0.5) is 0 Å². The summed E-state index contributed by atoms with van der Waals surface area (Å²) in [4.78, 5) is 0. The molecule has 1 aromatic heterocycles. The number of halogens is 1. The first-order chi connectivity index (χ1) is 7.76. The van der Waals surface area contributed by atoms with Crippen molar-refractivity contribution in [1.82, 2.24) is 15.1 Å². The second-order valence-electron chi connectivity index (χ2n) is 4.35. The second kappa shape index (κ2) is 5.37. The van der Waals surface area contributed by atoms with Crippen LogP contribution in [0.1, 0.15) is 31.6 Å². The van der Waals surface area contributed by atoms with Gasteiger partial charge in [0.2, 0.25) is 0 Å². The van der Waals surface area contributed by atoms with Crippen molar-refractivity contribution in [2.24, 2.45) is 0 Å². The Hall–Kier alpha value is -0.590. The molecule has 0 spiro atoms. The lowest BCUT2D eigenvalue weighted by molar-refractivity contribution is 0.473. The Morgan fingerprint density at radius 1 is 1.53 bits per heavy atom. The average Bonchev–Trinajstić information content (AvgIpc) is 2.55. The number of aromatic nitrogens is 2. The van der Waals surface area contributed by atoms with Crippen molar-refractivity contribution in [1.29, 1.82) is 0 Å². The van der Waals surface area contributed by atoms with Crippen LogP contribution in [0.3, 0.4) is 0 Å². The van der Waals surface area contributed by atoms with Gasteiger partial charge in [-0.1, -0.05) is 11.6 Å². The van der Waals surface area contributed by atoms with E-state index in [9.17, 15) is 8.42 Å². The van der Waals surface area contributed by atoms with E-state index in [0.717, 1.165) is 5.69 Å². The number of nitrogens with zero attached hydrogens (tertiary/aromatic N) is 2. The van der Waals surface area contributed by atoms with Crippen molar-refractivity contribution in [3.05, 3.63) is 16.9 Å². The van der Waals surface area contributed by atoms with Gasteiger partial charge in [-0.05, 0) is 20.9 Å². The summed E-state index contributed by atoms with van der Waals surface area (Å²) in [6, 6.07) is -0.213. The van der Waals surface area contributed by atoms with Crippen LogP contribution >= 0.6 is 11.6 Å². The van der Waals surface area contributed by atoms with Crippen molar-refractivity contribution in [2.45, 2.75) is 25.9 Å². The molecule has 0 aromatic carbocycles. The third-order valence-corrected chi connectivity index (χ3v) is 3.65. The zero-order valence-corrected chi connectivity index (χ0v) is 12.0. The summed E-state index contributed by atoms with van der Waals surface area (Å²) in [5, 5.41) is 7.62. The highest BCUT2D eigenvalue weighted by atomic mass is 35.5. The first kappa shape index (κ1) is 14.5. The number of hydrogen-bond acceptors (Lipinski definition) is 4. The van der Waals surface area contributed by atoms with Gasteiger partial charge in [0.25, 0.3) is 0 Å². The lowest BCUT2D eigenvalue weighted by Crippen LogP contribution is -2.28. The van der Waals surface area contributed by atoms with Crippen molar-refractivity contribution in [3.63, 3.8) is 0 Å². The standard InChI is InChI=1S/C10H18ClN3O2S/c1-7(2)14-10(8(11)5-13-14)9(12-3)6-17(4,15)16/h5,7,9,12H,6H2,1-4H3. The highest BCUT2D eigenvalue weighted by Crippen LogP contribution is 2.26. The van der Waals surface area contributed by atoms with Crippen LogP contribution in [0.2, 0.25) is 5.02 Å². The molecule has 0 aliphatic rings. The molecule has 0 saturated heterocycles. The van der Waals surface area contributed by atoms with Gasteiger partial charge >= 0.3 is 0 Å². The van der Waals surface area contributed by atoms with E-state index >= 15 is 0 Å². The van der Waals surface area contributed by atoms with E-state index in [-0.39, 0.29) is 17.8 Å². The summed E-state index contributed by atoms with van der Waals surface area (Å²) < 4.78 is 24.5. The van der Waals surface area contributed by atoms with E-state index in [1.807, 2.05) is 13.8 Å². The lowest BCUT2D eigenvalue weighted by atomic mass is 10.2. The maximum atomic E-state index is 11.4. The van der Waals surface area contributed by atoms with Gasteiger partial charge < -0.3 is 5.32 Å². The van der Waals surface area contributed by atoms with Gasteiger partial charge in [-0.2, -0.15) is 5.10 Å². The van der Waals surface area contributed by atoms with E-state index in [1.165, 1.54) is 6.26 Å². The predicted octanol–water partition coefficient (Wildman–Crippen LogP) is 1.42. The van der Waals surface area contributed by atoms with Crippen LogP contribution in [0.5, 0.6) is 0 Å². The SMILES string of the molecule is CNC(CS(C)(=O)=O)c1c(Cl)cnn1C(C)C. The molecule has 0 aliphatic heterocycles. The fraction of sp³-hybridized carbons (Fsp3) is 0.700. The second-order valence-corrected chi connectivity index (χ2v) is 6.94. The number of sulfone groups is 1. The molecule has 1 N–H and O–H groups in total. The minimum Gasteiger partial charge on any atom is -0.311 e. The molecule has 0 bridgehead atoms. The first-order valence-electron chi connectivity index (χ1n) is 5.34. The normalized spacial score (nSPS) is 14.2. The molecule has 1 unspecified atom stereocenters. The Balaban J connectivity index is 3.15. The Morgan fingerprint density at radius 3 is 2.53 bits per heavy atom. The van der Waals surface area contributed by atoms with Crippen LogP contribution in [-0.2, 0) is 9.84 Å². The first-order valence-corrected chi connectivity index (χ1v) is 7.78. The van der Waals surface area contributed by atoms with E-state index in [2.05, 4.69) is 10.4 Å². The fourth-order valence-corrected chi connectivity index (χ4v) is 2.88. The van der Waals surface area contributed by atoms with Crippen molar-refractivity contribution in [2.75, 3.05) is 19.1 Å². The predicted molar refractivity (Wildman–Crippen MR) is 69.1 cm³/mol. The van der Waals surface area contributed by atoms with Crippen LogP contribution in [-0.4, -0.2) is 37.3 Å². The smallest absolute Gasteiger partial charge is 0.149 e. The molecular formula is C10H18ClN3O2S. The molecular weight excluding hydrogens is 262 g/mol. The van der Waals surface area contributed by atoms with Crippen LogP contribution < -0.4 is 5.32 Å². The topological polar surface area (TPSA) is 64.0 Å². The maximum Gasteiger partial charge on any atom is 0.149 e. The summed E-state index contributed by atoms with van der Waals surface area (Å²) in [5.41, 5.74) is 0.717. The van der Waals surface area contributed by atoms with Gasteiger partial charge in [-0.3, -0.25) is 4.68 Å². The van der Waals surface area contributed by atoms with E-state index in [1.54, 1.807) is 17.9 Å². The van der Waals surface area contributed by atoms with Crippen molar-refractivity contribution in [3.8, 4) is 0 Å². The number of hydrogen-bond donors (Lipinski definition) is 1. The average molecular weight is 280 g/mol. The van der Waals surface area contributed by atoms with Gasteiger partial charge in [0, 0.05) is 12.3 Å². The van der Waals surface area contributed by atoms with Gasteiger partial charge in [-0.25, -0.2) is 8.42 Å². The van der Waals surface area contributed by atoms with Gasteiger partial charge in [-0.15, -0.1) is 0 Å². The highest BCUT2D eigenvalue weighted by molar-refractivity contribution is 7.90. The molecule has 0 amide bonds. The lowest BCUT2D eigenvalue weighted by Gasteiger charge is -2.19. The molecule has 5 nitrogen and oxygen atoms in total. The summed E-state index contributed by atoms with van der Waals surface area (Å²) >= 11 is 6.07. The molecule has 0 radical (unpaired) electrons. The molecule has 1 rings (SSSR count). The molecule has 0 fully saturated rings. The summed E-state index contributed by atoms with van der Waals surface area (Å²) in [6.07, 6.45) is 2.75. The largest absolute Gasteiger partial charge is 0.311 e. The van der Waals surface area contributed by atoms with Crippen molar-refractivity contribution >= 4 is 21.4 Å². The molecule has 1 heterocycles. The maximum absolute atomic E-state index is 11.4. The Morgan fingerprint density at radius 2 is 2.12 bits per heavy atom. The molecule has 0 aliphatic carbocycles. The minimum atomic E-state index is -3.08.